The second-order valence-electron chi connectivity index (χ2n) is 8.30. The Balaban J connectivity index is 1.71. The predicted molar refractivity (Wildman–Crippen MR) is 122 cm³/mol. The van der Waals surface area contributed by atoms with Gasteiger partial charge < -0.3 is 5.32 Å². The Kier molecular flexibility index (Phi) is 4.99. The molecule has 2 aliphatic rings. The van der Waals surface area contributed by atoms with Crippen LogP contribution in [-0.4, -0.2) is 40.1 Å². The van der Waals surface area contributed by atoms with E-state index >= 15 is 0 Å². The fourth-order valence-electron chi connectivity index (χ4n) is 5.22. The SMILES string of the molecule is CN1C[C@H](c2ccc([N+](=O)[O-])cc2)[C@H](C(=O)c2ccccn2)[C@@]12C(=O)Nc1ccc(Cl)cc12. The van der Waals surface area contributed by atoms with Crippen molar-refractivity contribution in [1.29, 1.82) is 0 Å². The lowest BCUT2D eigenvalue weighted by molar-refractivity contribution is -0.384. The van der Waals surface area contributed by atoms with Gasteiger partial charge in [-0.3, -0.25) is 29.6 Å². The Morgan fingerprint density at radius 3 is 2.64 bits per heavy atom. The minimum Gasteiger partial charge on any atom is -0.324 e. The highest BCUT2D eigenvalue weighted by Crippen LogP contribution is 2.55. The molecule has 3 heterocycles. The van der Waals surface area contributed by atoms with E-state index in [1.54, 1.807) is 61.8 Å². The molecule has 0 unspecified atom stereocenters. The first kappa shape index (κ1) is 21.2. The molecule has 2 aromatic carbocycles. The van der Waals surface area contributed by atoms with Gasteiger partial charge in [-0.1, -0.05) is 29.8 Å². The molecule has 5 rings (SSSR count). The number of anilines is 1. The van der Waals surface area contributed by atoms with E-state index in [-0.39, 0.29) is 23.1 Å². The molecular formula is C24H19ClN4O4. The van der Waals surface area contributed by atoms with E-state index in [9.17, 15) is 19.7 Å². The van der Waals surface area contributed by atoms with Gasteiger partial charge in [0, 0.05) is 47.1 Å². The lowest BCUT2D eigenvalue weighted by Gasteiger charge is -2.35. The van der Waals surface area contributed by atoms with Crippen LogP contribution in [0.4, 0.5) is 11.4 Å². The van der Waals surface area contributed by atoms with Crippen molar-refractivity contribution < 1.29 is 14.5 Å². The molecular weight excluding hydrogens is 444 g/mol. The number of pyridine rings is 1. The zero-order valence-corrected chi connectivity index (χ0v) is 18.3. The molecule has 166 valence electrons. The molecule has 2 aliphatic heterocycles. The van der Waals surface area contributed by atoms with Gasteiger partial charge in [0.15, 0.2) is 5.78 Å². The average Bonchev–Trinajstić information content (AvgIpc) is 3.29. The average molecular weight is 463 g/mol. The number of hydrogen-bond donors (Lipinski definition) is 1. The number of carbonyl (C=O) groups is 2. The summed E-state index contributed by atoms with van der Waals surface area (Å²) < 4.78 is 0. The third-order valence-electron chi connectivity index (χ3n) is 6.64. The smallest absolute Gasteiger partial charge is 0.269 e. The maximum absolute atomic E-state index is 13.9. The van der Waals surface area contributed by atoms with Gasteiger partial charge in [0.2, 0.25) is 5.91 Å². The zero-order chi connectivity index (χ0) is 23.3. The van der Waals surface area contributed by atoms with Crippen molar-refractivity contribution in [3.8, 4) is 0 Å². The Bertz CT molecular complexity index is 1280. The highest BCUT2D eigenvalue weighted by molar-refractivity contribution is 6.31. The third kappa shape index (κ3) is 3.13. The van der Waals surface area contributed by atoms with E-state index in [0.29, 0.717) is 22.8 Å². The summed E-state index contributed by atoms with van der Waals surface area (Å²) in [6, 6.07) is 16.4. The van der Waals surface area contributed by atoms with Crippen molar-refractivity contribution in [2.24, 2.45) is 5.92 Å². The van der Waals surface area contributed by atoms with E-state index in [1.165, 1.54) is 12.1 Å². The summed E-state index contributed by atoms with van der Waals surface area (Å²) in [6.07, 6.45) is 1.54. The van der Waals surface area contributed by atoms with Gasteiger partial charge in [-0.2, -0.15) is 0 Å². The molecule has 0 saturated carbocycles. The quantitative estimate of drug-likeness (QED) is 0.356. The molecule has 1 aromatic heterocycles. The molecule has 3 aromatic rings. The van der Waals surface area contributed by atoms with Gasteiger partial charge >= 0.3 is 0 Å². The van der Waals surface area contributed by atoms with Gasteiger partial charge in [-0.05, 0) is 42.9 Å². The number of nitrogens with one attached hydrogen (secondary N) is 1. The van der Waals surface area contributed by atoms with Gasteiger partial charge in [-0.15, -0.1) is 0 Å². The standard InChI is InChI=1S/C24H19ClN4O4/c1-28-13-17(14-5-8-16(9-6-14)29(32)33)21(22(30)20-4-2-3-11-26-20)24(28)18-12-15(25)7-10-19(18)27-23(24)31/h2-12,17,21H,13H2,1H3,(H,27,31)/t17-,21-,24+/m1/s1. The number of likely N-dealkylation sites (N-methyl/N-ethyl adjacent to an activating group) is 1. The molecule has 0 radical (unpaired) electrons. The van der Waals surface area contributed by atoms with Crippen molar-refractivity contribution >= 4 is 34.7 Å². The highest BCUT2D eigenvalue weighted by Gasteiger charge is 2.64. The largest absolute Gasteiger partial charge is 0.324 e. The number of hydrogen-bond acceptors (Lipinski definition) is 6. The first-order valence-corrected chi connectivity index (χ1v) is 10.7. The number of benzene rings is 2. The number of Topliss-reactive ketones (excluding diaryl/α,β-unsaturated/α-hetero) is 1. The van der Waals surface area contributed by atoms with Crippen LogP contribution in [-0.2, 0) is 10.3 Å². The zero-order valence-electron chi connectivity index (χ0n) is 17.6. The van der Waals surface area contributed by atoms with Crippen LogP contribution in [0.5, 0.6) is 0 Å². The molecule has 0 bridgehead atoms. The molecule has 9 heteroatoms. The molecule has 3 atom stereocenters. The maximum atomic E-state index is 13.9. The van der Waals surface area contributed by atoms with Crippen molar-refractivity contribution in [3.05, 3.63) is 98.8 Å². The lowest BCUT2D eigenvalue weighted by atomic mass is 9.71. The maximum Gasteiger partial charge on any atom is 0.269 e. The number of ketones is 1. The molecule has 1 amide bonds. The summed E-state index contributed by atoms with van der Waals surface area (Å²) in [7, 11) is 1.81. The van der Waals surface area contributed by atoms with Gasteiger partial charge in [-0.25, -0.2) is 0 Å². The normalized spacial score (nSPS) is 24.0. The monoisotopic (exact) mass is 462 g/mol. The first-order chi connectivity index (χ1) is 15.8. The lowest BCUT2D eigenvalue weighted by Crippen LogP contribution is -2.51. The number of likely N-dealkylation sites (tertiary alicyclic amines) is 1. The predicted octanol–water partition coefficient (Wildman–Crippen LogP) is 4.02. The molecule has 1 saturated heterocycles. The number of halogens is 1. The number of rotatable bonds is 4. The van der Waals surface area contributed by atoms with Gasteiger partial charge in [0.1, 0.15) is 11.2 Å². The Labute approximate surface area is 194 Å². The third-order valence-corrected chi connectivity index (χ3v) is 6.88. The van der Waals surface area contributed by atoms with E-state index in [2.05, 4.69) is 10.3 Å². The molecule has 8 nitrogen and oxygen atoms in total. The number of amides is 1. The van der Waals surface area contributed by atoms with Crippen molar-refractivity contribution in [1.82, 2.24) is 9.88 Å². The summed E-state index contributed by atoms with van der Waals surface area (Å²) in [4.78, 5) is 44.3. The molecule has 0 aliphatic carbocycles. The van der Waals surface area contributed by atoms with E-state index < -0.39 is 22.3 Å². The van der Waals surface area contributed by atoms with Gasteiger partial charge in [0.25, 0.3) is 5.69 Å². The second kappa shape index (κ2) is 7.75. The Morgan fingerprint density at radius 1 is 1.21 bits per heavy atom. The number of fused-ring (bicyclic) bond motifs is 2. The summed E-state index contributed by atoms with van der Waals surface area (Å²) in [5.74, 6) is -1.80. The summed E-state index contributed by atoms with van der Waals surface area (Å²) in [6.45, 7) is 0.389. The number of nitro benzene ring substituents is 1. The van der Waals surface area contributed by atoms with Crippen LogP contribution < -0.4 is 5.32 Å². The van der Waals surface area contributed by atoms with Crippen LogP contribution in [0, 0.1) is 16.0 Å². The Morgan fingerprint density at radius 2 is 1.97 bits per heavy atom. The van der Waals surface area contributed by atoms with Crippen molar-refractivity contribution in [2.75, 3.05) is 18.9 Å². The van der Waals surface area contributed by atoms with Crippen LogP contribution in [0.15, 0.2) is 66.9 Å². The fraction of sp³-hybridized carbons (Fsp3) is 0.208. The van der Waals surface area contributed by atoms with Crippen LogP contribution in [0.2, 0.25) is 5.02 Å². The van der Waals surface area contributed by atoms with Crippen molar-refractivity contribution in [3.63, 3.8) is 0 Å². The minimum atomic E-state index is -1.29. The first-order valence-electron chi connectivity index (χ1n) is 10.4. The molecule has 1 N–H and O–H groups in total. The number of nitro groups is 1. The molecule has 1 spiro atoms. The van der Waals surface area contributed by atoms with E-state index in [0.717, 1.165) is 5.56 Å². The fourth-order valence-corrected chi connectivity index (χ4v) is 5.39. The molecule has 33 heavy (non-hydrogen) atoms. The summed E-state index contributed by atoms with van der Waals surface area (Å²) in [5, 5.41) is 14.5. The number of aromatic nitrogens is 1. The summed E-state index contributed by atoms with van der Waals surface area (Å²) >= 11 is 6.31. The van der Waals surface area contributed by atoms with Gasteiger partial charge in [0.05, 0.1) is 10.8 Å². The van der Waals surface area contributed by atoms with E-state index in [1.807, 2.05) is 4.90 Å². The topological polar surface area (TPSA) is 105 Å². The van der Waals surface area contributed by atoms with Crippen LogP contribution in [0.25, 0.3) is 0 Å². The summed E-state index contributed by atoms with van der Waals surface area (Å²) in [5.41, 5.74) is 0.916. The van der Waals surface area contributed by atoms with Crippen LogP contribution in [0.1, 0.15) is 27.5 Å². The highest BCUT2D eigenvalue weighted by atomic mass is 35.5. The molecule has 1 fully saturated rings. The number of nitrogens with zero attached hydrogens (tertiary/aromatic N) is 3. The second-order valence-corrected chi connectivity index (χ2v) is 8.74. The van der Waals surface area contributed by atoms with E-state index in [4.69, 9.17) is 11.6 Å². The number of non-ortho nitro benzene ring substituents is 1. The number of carbonyl (C=O) groups excluding carboxylic acids is 2. The van der Waals surface area contributed by atoms with Crippen molar-refractivity contribution in [2.45, 2.75) is 11.5 Å². The minimum absolute atomic E-state index is 0.0387. The van der Waals surface area contributed by atoms with Crippen LogP contribution >= 0.6 is 11.6 Å². The van der Waals surface area contributed by atoms with Crippen LogP contribution in [0.3, 0.4) is 0 Å². The Hall–Kier alpha value is -3.62.